The number of carbonyl (C=O) groups is 1. The van der Waals surface area contributed by atoms with Crippen LogP contribution in [0.3, 0.4) is 0 Å². The highest BCUT2D eigenvalue weighted by Crippen LogP contribution is 2.23. The van der Waals surface area contributed by atoms with E-state index in [1.807, 2.05) is 18.3 Å². The van der Waals surface area contributed by atoms with E-state index in [4.69, 9.17) is 9.47 Å². The van der Waals surface area contributed by atoms with Crippen LogP contribution in [0.15, 0.2) is 54.7 Å². The van der Waals surface area contributed by atoms with Crippen molar-refractivity contribution in [2.75, 3.05) is 18.5 Å². The first-order chi connectivity index (χ1) is 14.2. The zero-order chi connectivity index (χ0) is 20.1. The Kier molecular flexibility index (Phi) is 6.22. The number of hydrogen-bond acceptors (Lipinski definition) is 5. The summed E-state index contributed by atoms with van der Waals surface area (Å²) >= 11 is 1.50. The molecule has 5 nitrogen and oxygen atoms in total. The van der Waals surface area contributed by atoms with Crippen LogP contribution in [0.25, 0.3) is 0 Å². The third-order valence-electron chi connectivity index (χ3n) is 4.83. The van der Waals surface area contributed by atoms with Gasteiger partial charge in [0, 0.05) is 29.7 Å². The Morgan fingerprint density at radius 3 is 2.93 bits per heavy atom. The van der Waals surface area contributed by atoms with E-state index >= 15 is 0 Å². The third kappa shape index (κ3) is 5.43. The SMILES string of the molecule is Cc1ccc(Cc2cnc(NC(=O)c3cccc(OCC4CCCO4)c3)s2)cc1. The summed E-state index contributed by atoms with van der Waals surface area (Å²) in [4.78, 5) is 18.1. The molecule has 1 amide bonds. The Morgan fingerprint density at radius 1 is 1.28 bits per heavy atom. The van der Waals surface area contributed by atoms with Crippen molar-refractivity contribution in [2.45, 2.75) is 32.3 Å². The topological polar surface area (TPSA) is 60.5 Å². The maximum atomic E-state index is 12.6. The summed E-state index contributed by atoms with van der Waals surface area (Å²) in [6.07, 6.45) is 4.88. The molecule has 4 rings (SSSR count). The highest BCUT2D eigenvalue weighted by atomic mass is 32.1. The number of anilines is 1. The highest BCUT2D eigenvalue weighted by molar-refractivity contribution is 7.15. The van der Waals surface area contributed by atoms with Crippen LogP contribution >= 0.6 is 11.3 Å². The van der Waals surface area contributed by atoms with Crippen molar-refractivity contribution < 1.29 is 14.3 Å². The Hall–Kier alpha value is -2.70. The van der Waals surface area contributed by atoms with E-state index in [-0.39, 0.29) is 12.0 Å². The van der Waals surface area contributed by atoms with Crippen LogP contribution in [0.5, 0.6) is 5.75 Å². The van der Waals surface area contributed by atoms with Crippen molar-refractivity contribution in [2.24, 2.45) is 0 Å². The van der Waals surface area contributed by atoms with Gasteiger partial charge in [0.15, 0.2) is 5.13 Å². The van der Waals surface area contributed by atoms with Crippen molar-refractivity contribution in [3.8, 4) is 5.75 Å². The van der Waals surface area contributed by atoms with Gasteiger partial charge in [0.05, 0.1) is 6.10 Å². The molecule has 0 bridgehead atoms. The summed E-state index contributed by atoms with van der Waals surface area (Å²) in [6.45, 7) is 3.39. The minimum Gasteiger partial charge on any atom is -0.491 e. The third-order valence-corrected chi connectivity index (χ3v) is 5.74. The van der Waals surface area contributed by atoms with Crippen LogP contribution in [0.4, 0.5) is 5.13 Å². The minimum absolute atomic E-state index is 0.148. The van der Waals surface area contributed by atoms with Gasteiger partial charge < -0.3 is 9.47 Å². The van der Waals surface area contributed by atoms with Gasteiger partial charge in [-0.15, -0.1) is 11.3 Å². The number of carbonyl (C=O) groups excluding carboxylic acids is 1. The lowest BCUT2D eigenvalue weighted by atomic mass is 10.1. The lowest BCUT2D eigenvalue weighted by molar-refractivity contribution is 0.0679. The van der Waals surface area contributed by atoms with Gasteiger partial charge in [0.2, 0.25) is 0 Å². The fourth-order valence-corrected chi connectivity index (χ4v) is 4.06. The lowest BCUT2D eigenvalue weighted by Crippen LogP contribution is -2.16. The molecular weight excluding hydrogens is 384 g/mol. The zero-order valence-electron chi connectivity index (χ0n) is 16.4. The molecule has 0 aliphatic carbocycles. The van der Waals surface area contributed by atoms with E-state index in [1.54, 1.807) is 12.1 Å². The number of aryl methyl sites for hydroxylation is 1. The van der Waals surface area contributed by atoms with Gasteiger partial charge in [0.25, 0.3) is 5.91 Å². The van der Waals surface area contributed by atoms with Crippen LogP contribution in [0, 0.1) is 6.92 Å². The quantitative estimate of drug-likeness (QED) is 0.607. The number of aromatic nitrogens is 1. The van der Waals surface area contributed by atoms with Gasteiger partial charge in [-0.25, -0.2) is 4.98 Å². The molecule has 1 unspecified atom stereocenters. The molecule has 150 valence electrons. The van der Waals surface area contributed by atoms with Crippen LogP contribution in [0.1, 0.15) is 39.2 Å². The fourth-order valence-electron chi connectivity index (χ4n) is 3.22. The maximum absolute atomic E-state index is 12.6. The van der Waals surface area contributed by atoms with E-state index in [9.17, 15) is 4.79 Å². The number of nitrogens with one attached hydrogen (secondary N) is 1. The van der Waals surface area contributed by atoms with Gasteiger partial charge in [0.1, 0.15) is 12.4 Å². The average Bonchev–Trinajstić information content (AvgIpc) is 3.40. The number of benzene rings is 2. The molecule has 1 aliphatic rings. The fraction of sp³-hybridized carbons (Fsp3) is 0.304. The molecule has 0 radical (unpaired) electrons. The van der Waals surface area contributed by atoms with E-state index in [0.717, 1.165) is 30.7 Å². The second-order valence-electron chi connectivity index (χ2n) is 7.22. The van der Waals surface area contributed by atoms with Crippen molar-refractivity contribution in [3.63, 3.8) is 0 Å². The standard InChI is InChI=1S/C23H24N2O3S/c1-16-7-9-17(10-8-16)12-21-14-24-23(29-21)25-22(26)18-4-2-5-19(13-18)28-15-20-6-3-11-27-20/h2,4-5,7-10,13-14,20H,3,6,11-12,15H2,1H3,(H,24,25,26). The van der Waals surface area contributed by atoms with Gasteiger partial charge in [-0.2, -0.15) is 0 Å². The Labute approximate surface area is 174 Å². The highest BCUT2D eigenvalue weighted by Gasteiger charge is 2.16. The van der Waals surface area contributed by atoms with E-state index < -0.39 is 0 Å². The largest absolute Gasteiger partial charge is 0.491 e. The summed E-state index contributed by atoms with van der Waals surface area (Å²) in [5.41, 5.74) is 3.02. The predicted octanol–water partition coefficient (Wildman–Crippen LogP) is 4.85. The van der Waals surface area contributed by atoms with Crippen molar-refractivity contribution in [1.29, 1.82) is 0 Å². The average molecular weight is 409 g/mol. The number of thiazole rings is 1. The number of rotatable bonds is 7. The minimum atomic E-state index is -0.191. The predicted molar refractivity (Wildman–Crippen MR) is 115 cm³/mol. The molecule has 6 heteroatoms. The Morgan fingerprint density at radius 2 is 2.14 bits per heavy atom. The van der Waals surface area contributed by atoms with Crippen LogP contribution in [-0.2, 0) is 11.2 Å². The van der Waals surface area contributed by atoms with E-state index in [2.05, 4.69) is 41.5 Å². The number of nitrogens with zero attached hydrogens (tertiary/aromatic N) is 1. The second kappa shape index (κ2) is 9.20. The van der Waals surface area contributed by atoms with E-state index in [1.165, 1.54) is 22.5 Å². The monoisotopic (exact) mass is 408 g/mol. The van der Waals surface area contributed by atoms with Crippen LogP contribution in [-0.4, -0.2) is 30.2 Å². The first-order valence-corrected chi connectivity index (χ1v) is 10.6. The number of amides is 1. The summed E-state index contributed by atoms with van der Waals surface area (Å²) in [5.74, 6) is 0.483. The van der Waals surface area contributed by atoms with Crippen LogP contribution < -0.4 is 10.1 Å². The van der Waals surface area contributed by atoms with Gasteiger partial charge in [-0.05, 0) is 43.5 Å². The second-order valence-corrected chi connectivity index (χ2v) is 8.34. The summed E-state index contributed by atoms with van der Waals surface area (Å²) in [6, 6.07) is 15.7. The summed E-state index contributed by atoms with van der Waals surface area (Å²) in [5, 5.41) is 3.49. The molecule has 1 fully saturated rings. The number of hydrogen-bond donors (Lipinski definition) is 1. The molecule has 1 saturated heterocycles. The number of ether oxygens (including phenoxy) is 2. The van der Waals surface area contributed by atoms with E-state index in [0.29, 0.717) is 23.1 Å². The first kappa shape index (κ1) is 19.6. The zero-order valence-corrected chi connectivity index (χ0v) is 17.2. The molecular formula is C23H24N2O3S. The van der Waals surface area contributed by atoms with Crippen molar-refractivity contribution in [3.05, 3.63) is 76.3 Å². The molecule has 1 aliphatic heterocycles. The molecule has 0 spiro atoms. The molecule has 1 aromatic heterocycles. The molecule has 1 N–H and O–H groups in total. The Bertz CT molecular complexity index is 962. The molecule has 2 heterocycles. The summed E-state index contributed by atoms with van der Waals surface area (Å²) < 4.78 is 11.4. The molecule has 0 saturated carbocycles. The molecule has 29 heavy (non-hydrogen) atoms. The maximum Gasteiger partial charge on any atom is 0.257 e. The van der Waals surface area contributed by atoms with Gasteiger partial charge >= 0.3 is 0 Å². The van der Waals surface area contributed by atoms with Crippen molar-refractivity contribution >= 4 is 22.4 Å². The lowest BCUT2D eigenvalue weighted by Gasteiger charge is -2.12. The molecule has 3 aromatic rings. The smallest absolute Gasteiger partial charge is 0.257 e. The first-order valence-electron chi connectivity index (χ1n) is 9.82. The molecule has 1 atom stereocenters. The Balaban J connectivity index is 1.34. The van der Waals surface area contributed by atoms with Crippen LogP contribution in [0.2, 0.25) is 0 Å². The summed E-state index contributed by atoms with van der Waals surface area (Å²) in [7, 11) is 0. The van der Waals surface area contributed by atoms with Gasteiger partial charge in [-0.1, -0.05) is 35.9 Å². The molecule has 2 aromatic carbocycles. The van der Waals surface area contributed by atoms with Crippen molar-refractivity contribution in [1.82, 2.24) is 4.98 Å². The van der Waals surface area contributed by atoms with Gasteiger partial charge in [-0.3, -0.25) is 10.1 Å². The normalized spacial score (nSPS) is 16.0.